The number of ether oxygens (including phenoxy) is 3. The molecular weight excluding hydrogens is 432 g/mol. The van der Waals surface area contributed by atoms with Crippen LogP contribution in [0.5, 0.6) is 23.0 Å². The predicted octanol–water partition coefficient (Wildman–Crippen LogP) is 4.60. The van der Waals surface area contributed by atoms with E-state index in [4.69, 9.17) is 14.2 Å². The van der Waals surface area contributed by atoms with Gasteiger partial charge in [0.15, 0.2) is 11.5 Å². The normalized spacial score (nSPS) is 27.6. The lowest BCUT2D eigenvalue weighted by Crippen LogP contribution is -2.63. The molecule has 0 radical (unpaired) electrons. The van der Waals surface area contributed by atoms with Gasteiger partial charge in [-0.1, -0.05) is 32.9 Å². The van der Waals surface area contributed by atoms with E-state index in [1.54, 1.807) is 20.3 Å². The third kappa shape index (κ3) is 4.03. The molecule has 6 heteroatoms. The van der Waals surface area contributed by atoms with Gasteiger partial charge >= 0.3 is 0 Å². The van der Waals surface area contributed by atoms with Crippen LogP contribution in [0.2, 0.25) is 0 Å². The highest BCUT2D eigenvalue weighted by Crippen LogP contribution is 2.55. The highest BCUT2D eigenvalue weighted by Gasteiger charge is 2.58. The van der Waals surface area contributed by atoms with Gasteiger partial charge in [0, 0.05) is 23.3 Å². The van der Waals surface area contributed by atoms with Crippen molar-refractivity contribution in [3.05, 3.63) is 46.5 Å². The Bertz CT molecular complexity index is 1100. The molecule has 1 aliphatic heterocycles. The summed E-state index contributed by atoms with van der Waals surface area (Å²) < 4.78 is 17.7. The van der Waals surface area contributed by atoms with E-state index in [2.05, 4.69) is 6.07 Å². The molecule has 0 saturated heterocycles. The number of rotatable bonds is 5. The summed E-state index contributed by atoms with van der Waals surface area (Å²) in [6, 6.07) is 7.66. The third-order valence-electron chi connectivity index (χ3n) is 7.76. The number of aliphatic hydroxyl groups is 2. The van der Waals surface area contributed by atoms with E-state index in [0.29, 0.717) is 36.5 Å². The maximum atomic E-state index is 10.7. The molecule has 34 heavy (non-hydrogen) atoms. The fourth-order valence-electron chi connectivity index (χ4n) is 5.88. The lowest BCUT2D eigenvalue weighted by atomic mass is 9.57. The Morgan fingerprint density at radius 3 is 2.24 bits per heavy atom. The molecule has 2 aromatic rings. The molecule has 0 unspecified atom stereocenters. The summed E-state index contributed by atoms with van der Waals surface area (Å²) in [6.07, 6.45) is 4.02. The first-order chi connectivity index (χ1) is 16.0. The van der Waals surface area contributed by atoms with Crippen LogP contribution in [-0.4, -0.2) is 47.3 Å². The van der Waals surface area contributed by atoms with Crippen molar-refractivity contribution in [1.29, 1.82) is 0 Å². The maximum absolute atomic E-state index is 10.7. The second kappa shape index (κ2) is 8.82. The first kappa shape index (κ1) is 24.4. The molecule has 2 aromatic carbocycles. The first-order valence-electron chi connectivity index (χ1n) is 11.9. The van der Waals surface area contributed by atoms with Crippen LogP contribution in [0.15, 0.2) is 24.3 Å². The summed E-state index contributed by atoms with van der Waals surface area (Å²) in [5, 5.41) is 31.6. The van der Waals surface area contributed by atoms with Crippen LogP contribution in [-0.2, 0) is 12.8 Å². The number of fused-ring (bicyclic) bond motifs is 2. The van der Waals surface area contributed by atoms with Crippen molar-refractivity contribution in [2.45, 2.75) is 64.8 Å². The van der Waals surface area contributed by atoms with Gasteiger partial charge < -0.3 is 29.5 Å². The van der Waals surface area contributed by atoms with E-state index in [1.807, 2.05) is 52.0 Å². The van der Waals surface area contributed by atoms with Crippen molar-refractivity contribution in [3.8, 4) is 23.0 Å². The van der Waals surface area contributed by atoms with Gasteiger partial charge in [0.25, 0.3) is 0 Å². The quantitative estimate of drug-likeness (QED) is 0.556. The number of aliphatic hydroxyl groups excluding tert-OH is 2. The van der Waals surface area contributed by atoms with Crippen LogP contribution in [0, 0.1) is 11.3 Å². The largest absolute Gasteiger partial charge is 0.508 e. The summed E-state index contributed by atoms with van der Waals surface area (Å²) in [7, 11) is 3.23. The average molecular weight is 469 g/mol. The number of benzene rings is 2. The van der Waals surface area contributed by atoms with E-state index in [-0.39, 0.29) is 11.7 Å². The predicted molar refractivity (Wildman–Crippen MR) is 133 cm³/mol. The molecule has 184 valence electrons. The number of methoxy groups -OCH3 is 2. The van der Waals surface area contributed by atoms with Crippen LogP contribution in [0.4, 0.5) is 0 Å². The zero-order valence-corrected chi connectivity index (χ0v) is 20.9. The van der Waals surface area contributed by atoms with Crippen LogP contribution in [0.1, 0.15) is 56.4 Å². The van der Waals surface area contributed by atoms with E-state index >= 15 is 0 Å². The summed E-state index contributed by atoms with van der Waals surface area (Å²) in [5.74, 6) is 2.25. The van der Waals surface area contributed by atoms with Gasteiger partial charge in [-0.3, -0.25) is 0 Å². The highest BCUT2D eigenvalue weighted by atomic mass is 16.5. The number of hydrogen-bond acceptors (Lipinski definition) is 6. The van der Waals surface area contributed by atoms with Crippen LogP contribution < -0.4 is 14.2 Å². The molecule has 0 amide bonds. The molecule has 0 bridgehead atoms. The van der Waals surface area contributed by atoms with Crippen molar-refractivity contribution in [2.75, 3.05) is 14.2 Å². The Labute approximate surface area is 201 Å². The zero-order valence-electron chi connectivity index (χ0n) is 20.9. The SMILES string of the molecule is CCc1c(O)cc(/C=C/c2cc3c(c(OC)c2)O[C@]2(C)C[C@@H](O)[C@@H](O)C(C)(C)[C@H]2C3)cc1OC. The minimum absolute atomic E-state index is 0.0256. The molecule has 0 spiro atoms. The molecule has 1 fully saturated rings. The Balaban J connectivity index is 1.71. The fraction of sp³-hybridized carbons (Fsp3) is 0.500. The summed E-state index contributed by atoms with van der Waals surface area (Å²) >= 11 is 0. The summed E-state index contributed by atoms with van der Waals surface area (Å²) in [6.45, 7) is 7.99. The smallest absolute Gasteiger partial charge is 0.165 e. The molecular formula is C28H36O6. The van der Waals surface area contributed by atoms with Crippen LogP contribution >= 0.6 is 0 Å². The molecule has 2 aliphatic rings. The van der Waals surface area contributed by atoms with E-state index in [9.17, 15) is 15.3 Å². The van der Waals surface area contributed by atoms with Gasteiger partial charge in [-0.2, -0.15) is 0 Å². The first-order valence-corrected chi connectivity index (χ1v) is 11.9. The molecule has 0 aromatic heterocycles. The molecule has 4 atom stereocenters. The molecule has 3 N–H and O–H groups in total. The van der Waals surface area contributed by atoms with Crippen molar-refractivity contribution >= 4 is 12.2 Å². The molecule has 1 heterocycles. The van der Waals surface area contributed by atoms with Gasteiger partial charge in [-0.25, -0.2) is 0 Å². The molecule has 6 nitrogen and oxygen atoms in total. The van der Waals surface area contributed by atoms with Gasteiger partial charge in [0.2, 0.25) is 0 Å². The average Bonchev–Trinajstić information content (AvgIpc) is 2.79. The van der Waals surface area contributed by atoms with E-state index in [0.717, 1.165) is 22.3 Å². The van der Waals surface area contributed by atoms with Crippen LogP contribution in [0.25, 0.3) is 12.2 Å². The lowest BCUT2D eigenvalue weighted by Gasteiger charge is -2.56. The van der Waals surface area contributed by atoms with Crippen molar-refractivity contribution in [3.63, 3.8) is 0 Å². The minimum atomic E-state index is -0.835. The highest BCUT2D eigenvalue weighted by molar-refractivity contribution is 5.73. The molecule has 1 saturated carbocycles. The summed E-state index contributed by atoms with van der Waals surface area (Å²) in [4.78, 5) is 0. The Kier molecular flexibility index (Phi) is 6.34. The second-order valence-corrected chi connectivity index (χ2v) is 10.3. The Morgan fingerprint density at radius 2 is 1.62 bits per heavy atom. The maximum Gasteiger partial charge on any atom is 0.165 e. The summed E-state index contributed by atoms with van der Waals surface area (Å²) in [5.41, 5.74) is 2.46. The minimum Gasteiger partial charge on any atom is -0.508 e. The number of phenolic OH excluding ortho intramolecular Hbond substituents is 1. The fourth-order valence-corrected chi connectivity index (χ4v) is 5.88. The van der Waals surface area contributed by atoms with E-state index in [1.165, 1.54) is 0 Å². The van der Waals surface area contributed by atoms with Gasteiger partial charge in [0.05, 0.1) is 26.4 Å². The monoisotopic (exact) mass is 468 g/mol. The van der Waals surface area contributed by atoms with Crippen LogP contribution in [0.3, 0.4) is 0 Å². The van der Waals surface area contributed by atoms with E-state index < -0.39 is 23.2 Å². The third-order valence-corrected chi connectivity index (χ3v) is 7.76. The molecule has 4 rings (SSSR count). The van der Waals surface area contributed by atoms with Gasteiger partial charge in [-0.05, 0) is 60.7 Å². The molecule has 1 aliphatic carbocycles. The standard InChI is InChI=1S/C28H36O6/c1-7-19-20(29)11-17(12-22(19)32-5)9-8-16-10-18-14-24-27(2,3)26(31)21(30)15-28(24,4)34-25(18)23(13-16)33-6/h8-13,21,24,26,29-31H,7,14-15H2,1-6H3/b9-8+/t21-,24-,26-,28-/m1/s1. The van der Waals surface area contributed by atoms with Crippen molar-refractivity contribution < 1.29 is 29.5 Å². The Morgan fingerprint density at radius 1 is 1.00 bits per heavy atom. The zero-order chi connectivity index (χ0) is 24.8. The van der Waals surface area contributed by atoms with Gasteiger partial charge in [0.1, 0.15) is 17.1 Å². The van der Waals surface area contributed by atoms with Crippen molar-refractivity contribution in [1.82, 2.24) is 0 Å². The number of phenols is 1. The number of aromatic hydroxyl groups is 1. The Hall–Kier alpha value is -2.70. The topological polar surface area (TPSA) is 88.4 Å². The number of hydrogen-bond donors (Lipinski definition) is 3. The van der Waals surface area contributed by atoms with Gasteiger partial charge in [-0.15, -0.1) is 0 Å². The second-order valence-electron chi connectivity index (χ2n) is 10.3. The van der Waals surface area contributed by atoms with Crippen molar-refractivity contribution in [2.24, 2.45) is 11.3 Å². The lowest BCUT2D eigenvalue weighted by molar-refractivity contribution is -0.187.